The average Bonchev–Trinajstić information content (AvgIpc) is 2.67. The van der Waals surface area contributed by atoms with E-state index < -0.39 is 10.0 Å². The van der Waals surface area contributed by atoms with Gasteiger partial charge in [-0.15, -0.1) is 0 Å². The molecule has 150 valence electrons. The number of carbonyl (C=O) groups is 1. The first-order valence-corrected chi connectivity index (χ1v) is 10.8. The number of hydrogen-bond acceptors (Lipinski definition) is 3. The summed E-state index contributed by atoms with van der Waals surface area (Å²) in [5, 5.41) is 2.81. The van der Waals surface area contributed by atoms with E-state index in [0.717, 1.165) is 22.3 Å². The Kier molecular flexibility index (Phi) is 6.03. The fourth-order valence-corrected chi connectivity index (χ4v) is 4.28. The highest BCUT2D eigenvalue weighted by Crippen LogP contribution is 2.24. The molecular formula is C23H24N2O3S. The summed E-state index contributed by atoms with van der Waals surface area (Å²) < 4.78 is 28.1. The molecule has 6 heteroatoms. The lowest BCUT2D eigenvalue weighted by atomic mass is 10.1. The van der Waals surface area contributed by atoms with E-state index in [9.17, 15) is 13.2 Å². The van der Waals surface area contributed by atoms with Crippen LogP contribution in [0, 0.1) is 20.8 Å². The number of para-hydroxylation sites is 1. The Balaban J connectivity index is 1.71. The largest absolute Gasteiger partial charge is 0.326 e. The van der Waals surface area contributed by atoms with Gasteiger partial charge in [0.05, 0.1) is 17.0 Å². The van der Waals surface area contributed by atoms with Gasteiger partial charge in [-0.05, 0) is 67.3 Å². The summed E-state index contributed by atoms with van der Waals surface area (Å²) in [5.41, 5.74) is 4.86. The zero-order valence-electron chi connectivity index (χ0n) is 16.7. The Morgan fingerprint density at radius 3 is 2.00 bits per heavy atom. The second kappa shape index (κ2) is 8.49. The maximum absolute atomic E-state index is 12.7. The van der Waals surface area contributed by atoms with Crippen LogP contribution in [0.5, 0.6) is 0 Å². The molecule has 0 aliphatic carbocycles. The number of amides is 1. The zero-order chi connectivity index (χ0) is 21.0. The first kappa shape index (κ1) is 20.6. The lowest BCUT2D eigenvalue weighted by molar-refractivity contribution is -0.115. The highest BCUT2D eigenvalue weighted by atomic mass is 32.2. The molecular weight excluding hydrogens is 384 g/mol. The smallest absolute Gasteiger partial charge is 0.261 e. The summed E-state index contributed by atoms with van der Waals surface area (Å²) >= 11 is 0. The van der Waals surface area contributed by atoms with Crippen molar-refractivity contribution in [3.63, 3.8) is 0 Å². The number of nitrogens with one attached hydrogen (secondary N) is 2. The maximum Gasteiger partial charge on any atom is 0.261 e. The molecule has 0 radical (unpaired) electrons. The van der Waals surface area contributed by atoms with Crippen molar-refractivity contribution in [3.05, 3.63) is 89.0 Å². The number of benzene rings is 3. The number of carbonyl (C=O) groups excluding carboxylic acids is 1. The van der Waals surface area contributed by atoms with E-state index in [2.05, 4.69) is 10.0 Å². The highest BCUT2D eigenvalue weighted by Gasteiger charge is 2.16. The molecule has 3 aromatic carbocycles. The van der Waals surface area contributed by atoms with E-state index in [1.807, 2.05) is 63.2 Å². The molecule has 3 rings (SSSR count). The number of hydrogen-bond donors (Lipinski definition) is 2. The van der Waals surface area contributed by atoms with Crippen molar-refractivity contribution >= 4 is 27.3 Å². The summed E-state index contributed by atoms with van der Waals surface area (Å²) in [4.78, 5) is 12.4. The minimum absolute atomic E-state index is 0.136. The molecule has 0 bridgehead atoms. The van der Waals surface area contributed by atoms with Crippen molar-refractivity contribution in [1.29, 1.82) is 0 Å². The number of rotatable bonds is 6. The monoisotopic (exact) mass is 408 g/mol. The molecule has 0 aromatic heterocycles. The molecule has 0 aliphatic rings. The molecule has 0 unspecified atom stereocenters. The van der Waals surface area contributed by atoms with Crippen LogP contribution < -0.4 is 10.0 Å². The third-order valence-corrected chi connectivity index (χ3v) is 6.14. The van der Waals surface area contributed by atoms with Crippen molar-refractivity contribution in [1.82, 2.24) is 0 Å². The molecule has 0 spiro atoms. The summed E-state index contributed by atoms with van der Waals surface area (Å²) in [6.07, 6.45) is 0.265. The van der Waals surface area contributed by atoms with Gasteiger partial charge >= 0.3 is 0 Å². The van der Waals surface area contributed by atoms with Crippen molar-refractivity contribution in [3.8, 4) is 0 Å². The predicted molar refractivity (Wildman–Crippen MR) is 117 cm³/mol. The summed E-state index contributed by atoms with van der Waals surface area (Å²) in [5.74, 6) is -0.149. The number of sulfonamides is 1. The van der Waals surface area contributed by atoms with Gasteiger partial charge in [0, 0.05) is 5.69 Å². The predicted octanol–water partition coefficient (Wildman–Crippen LogP) is 4.59. The van der Waals surface area contributed by atoms with Gasteiger partial charge in [-0.3, -0.25) is 9.52 Å². The molecule has 5 nitrogen and oxygen atoms in total. The van der Waals surface area contributed by atoms with E-state index in [4.69, 9.17) is 0 Å². The van der Waals surface area contributed by atoms with Gasteiger partial charge in [0.2, 0.25) is 5.91 Å². The van der Waals surface area contributed by atoms with Crippen LogP contribution in [0.25, 0.3) is 0 Å². The topological polar surface area (TPSA) is 75.3 Å². The fraction of sp³-hybridized carbons (Fsp3) is 0.174. The van der Waals surface area contributed by atoms with Gasteiger partial charge in [-0.2, -0.15) is 0 Å². The lowest BCUT2D eigenvalue weighted by Gasteiger charge is -2.13. The van der Waals surface area contributed by atoms with Crippen molar-refractivity contribution in [2.24, 2.45) is 0 Å². The van der Waals surface area contributed by atoms with E-state index >= 15 is 0 Å². The Bertz CT molecular complexity index is 1120. The molecule has 3 aromatic rings. The second-order valence-electron chi connectivity index (χ2n) is 7.05. The van der Waals surface area contributed by atoms with Gasteiger partial charge in [-0.1, -0.05) is 42.5 Å². The van der Waals surface area contributed by atoms with Crippen molar-refractivity contribution in [2.75, 3.05) is 10.0 Å². The number of anilines is 2. The normalized spacial score (nSPS) is 11.1. The van der Waals surface area contributed by atoms with Gasteiger partial charge in [0.1, 0.15) is 0 Å². The Labute approximate surface area is 171 Å². The number of aryl methyl sites for hydroxylation is 3. The van der Waals surface area contributed by atoms with E-state index in [-0.39, 0.29) is 17.2 Å². The zero-order valence-corrected chi connectivity index (χ0v) is 17.5. The summed E-state index contributed by atoms with van der Waals surface area (Å²) in [6.45, 7) is 5.68. The van der Waals surface area contributed by atoms with E-state index in [0.29, 0.717) is 11.4 Å². The highest BCUT2D eigenvalue weighted by molar-refractivity contribution is 7.92. The standard InChI is InChI=1S/C23H24N2O3S/c1-16-7-4-5-10-19(16)15-22(26)24-20-11-13-21(14-12-20)29(27,28)25-23-17(2)8-6-9-18(23)3/h4-14,25H,15H2,1-3H3,(H,24,26). The maximum atomic E-state index is 12.7. The minimum atomic E-state index is -3.72. The molecule has 0 atom stereocenters. The summed E-state index contributed by atoms with van der Waals surface area (Å²) in [6, 6.07) is 19.5. The minimum Gasteiger partial charge on any atom is -0.326 e. The summed E-state index contributed by atoms with van der Waals surface area (Å²) in [7, 11) is -3.72. The molecule has 2 N–H and O–H groups in total. The van der Waals surface area contributed by atoms with Crippen LogP contribution in [0.2, 0.25) is 0 Å². The lowest BCUT2D eigenvalue weighted by Crippen LogP contribution is -2.16. The van der Waals surface area contributed by atoms with Gasteiger partial charge in [0.25, 0.3) is 10.0 Å². The van der Waals surface area contributed by atoms with Gasteiger partial charge in [0.15, 0.2) is 0 Å². The van der Waals surface area contributed by atoms with Crippen LogP contribution in [-0.4, -0.2) is 14.3 Å². The van der Waals surface area contributed by atoms with Crippen molar-refractivity contribution < 1.29 is 13.2 Å². The fourth-order valence-electron chi connectivity index (χ4n) is 3.07. The van der Waals surface area contributed by atoms with E-state index in [1.165, 1.54) is 12.1 Å². The molecule has 0 saturated carbocycles. The Morgan fingerprint density at radius 1 is 0.793 bits per heavy atom. The van der Waals surface area contributed by atoms with Crippen LogP contribution in [0.15, 0.2) is 71.6 Å². The van der Waals surface area contributed by atoms with Crippen molar-refractivity contribution in [2.45, 2.75) is 32.1 Å². The molecule has 29 heavy (non-hydrogen) atoms. The van der Waals surface area contributed by atoms with Crippen LogP contribution in [0.4, 0.5) is 11.4 Å². The van der Waals surface area contributed by atoms with Gasteiger partial charge in [-0.25, -0.2) is 8.42 Å². The average molecular weight is 409 g/mol. The van der Waals surface area contributed by atoms with Crippen LogP contribution in [0.1, 0.15) is 22.3 Å². The molecule has 0 heterocycles. The van der Waals surface area contributed by atoms with Crippen LogP contribution >= 0.6 is 0 Å². The first-order chi connectivity index (χ1) is 13.8. The molecule has 1 amide bonds. The molecule has 0 fully saturated rings. The van der Waals surface area contributed by atoms with Crippen LogP contribution in [-0.2, 0) is 21.2 Å². The first-order valence-electron chi connectivity index (χ1n) is 9.30. The Hall–Kier alpha value is -3.12. The SMILES string of the molecule is Cc1ccccc1CC(=O)Nc1ccc(S(=O)(=O)Nc2c(C)cccc2C)cc1. The quantitative estimate of drug-likeness (QED) is 0.626. The van der Waals surface area contributed by atoms with Crippen LogP contribution in [0.3, 0.4) is 0 Å². The Morgan fingerprint density at radius 2 is 1.38 bits per heavy atom. The molecule has 0 aliphatic heterocycles. The third-order valence-electron chi connectivity index (χ3n) is 4.78. The van der Waals surface area contributed by atoms with E-state index in [1.54, 1.807) is 12.1 Å². The van der Waals surface area contributed by atoms with Gasteiger partial charge < -0.3 is 5.32 Å². The third kappa shape index (κ3) is 5.03. The molecule has 0 saturated heterocycles. The second-order valence-corrected chi connectivity index (χ2v) is 8.73.